The van der Waals surface area contributed by atoms with E-state index < -0.39 is 3.49 Å². The summed E-state index contributed by atoms with van der Waals surface area (Å²) in [4.78, 5) is 0.0115. The van der Waals surface area contributed by atoms with Crippen molar-refractivity contribution < 1.29 is 4.39 Å². The minimum atomic E-state index is -1.50. The van der Waals surface area contributed by atoms with Crippen LogP contribution in [0.1, 0.15) is 16.8 Å². The molecule has 72 valence electrons. The average molecular weight is 375 g/mol. The first-order valence-electron chi connectivity index (χ1n) is 3.75. The van der Waals surface area contributed by atoms with Crippen LogP contribution < -0.4 is 0 Å². The van der Waals surface area contributed by atoms with E-state index in [0.29, 0.717) is 6.42 Å². The highest BCUT2D eigenvalue weighted by Gasteiger charge is 2.25. The van der Waals surface area contributed by atoms with E-state index in [4.69, 9.17) is 0 Å². The molecule has 0 fully saturated rings. The second-order valence-electron chi connectivity index (χ2n) is 2.70. The molecule has 1 aromatic rings. The van der Waals surface area contributed by atoms with Crippen molar-refractivity contribution in [1.82, 2.24) is 0 Å². The summed E-state index contributed by atoms with van der Waals surface area (Å²) in [5.74, 6) is 0. The average Bonchev–Trinajstić information content (AvgIpc) is 2.03. The Labute approximate surface area is 102 Å². The standard InChI is InChI=1S/C9H8Br3F/c10-8(6-9(11,12)13)7-4-2-1-3-5-7/h1-5,8H,6H2. The van der Waals surface area contributed by atoms with Gasteiger partial charge in [-0.1, -0.05) is 46.3 Å². The number of benzene rings is 1. The van der Waals surface area contributed by atoms with Gasteiger partial charge in [0.05, 0.1) is 0 Å². The molecule has 0 nitrogen and oxygen atoms in total. The molecule has 0 radical (unpaired) electrons. The first-order chi connectivity index (χ1) is 5.99. The second-order valence-corrected chi connectivity index (χ2v) is 7.38. The first-order valence-corrected chi connectivity index (χ1v) is 6.25. The molecule has 0 heterocycles. The summed E-state index contributed by atoms with van der Waals surface area (Å²) < 4.78 is 11.6. The maximum atomic E-state index is 13.1. The molecule has 0 aliphatic heterocycles. The summed E-state index contributed by atoms with van der Waals surface area (Å²) in [5.41, 5.74) is 1.07. The van der Waals surface area contributed by atoms with E-state index >= 15 is 0 Å². The molecule has 1 aromatic carbocycles. The molecule has 1 rings (SSSR count). The van der Waals surface area contributed by atoms with Crippen LogP contribution in [0, 0.1) is 0 Å². The van der Waals surface area contributed by atoms with Gasteiger partial charge in [0.25, 0.3) is 0 Å². The Kier molecular flexibility index (Phi) is 4.39. The molecular weight excluding hydrogens is 367 g/mol. The molecular formula is C9H8Br3F. The number of rotatable bonds is 3. The van der Waals surface area contributed by atoms with Gasteiger partial charge in [0.15, 0.2) is 0 Å². The first kappa shape index (κ1) is 11.7. The summed E-state index contributed by atoms with van der Waals surface area (Å²) in [7, 11) is 0. The van der Waals surface area contributed by atoms with Gasteiger partial charge in [-0.15, -0.1) is 0 Å². The molecule has 0 saturated carbocycles. The van der Waals surface area contributed by atoms with E-state index in [1.54, 1.807) is 0 Å². The third-order valence-electron chi connectivity index (χ3n) is 1.57. The zero-order valence-corrected chi connectivity index (χ0v) is 11.4. The Balaban J connectivity index is 2.64. The fourth-order valence-corrected chi connectivity index (χ4v) is 3.25. The van der Waals surface area contributed by atoms with Gasteiger partial charge >= 0.3 is 0 Å². The van der Waals surface area contributed by atoms with Crippen molar-refractivity contribution in [3.63, 3.8) is 0 Å². The minimum absolute atomic E-state index is 0.0115. The SMILES string of the molecule is FC(Br)(Br)CC(Br)c1ccccc1. The highest BCUT2D eigenvalue weighted by atomic mass is 79.9. The smallest absolute Gasteiger partial charge is 0.219 e. The number of hydrogen-bond donors (Lipinski definition) is 0. The topological polar surface area (TPSA) is 0 Å². The van der Waals surface area contributed by atoms with Crippen LogP contribution in [0.5, 0.6) is 0 Å². The fraction of sp³-hybridized carbons (Fsp3) is 0.333. The van der Waals surface area contributed by atoms with Crippen LogP contribution in [0.2, 0.25) is 0 Å². The zero-order valence-electron chi connectivity index (χ0n) is 6.68. The fourth-order valence-electron chi connectivity index (χ4n) is 0.983. The van der Waals surface area contributed by atoms with Crippen LogP contribution in [-0.2, 0) is 0 Å². The van der Waals surface area contributed by atoms with Gasteiger partial charge in [-0.05, 0) is 37.4 Å². The van der Waals surface area contributed by atoms with Gasteiger partial charge in [0.1, 0.15) is 0 Å². The van der Waals surface area contributed by atoms with Crippen LogP contribution in [0.15, 0.2) is 30.3 Å². The lowest BCUT2D eigenvalue weighted by molar-refractivity contribution is 0.407. The quantitative estimate of drug-likeness (QED) is 0.658. The van der Waals surface area contributed by atoms with Gasteiger partial charge in [-0.2, -0.15) is 0 Å². The van der Waals surface area contributed by atoms with E-state index in [9.17, 15) is 4.39 Å². The molecule has 4 heteroatoms. The maximum absolute atomic E-state index is 13.1. The van der Waals surface area contributed by atoms with Crippen molar-refractivity contribution in [3.8, 4) is 0 Å². The van der Waals surface area contributed by atoms with Gasteiger partial charge < -0.3 is 0 Å². The third kappa shape index (κ3) is 4.56. The Bertz CT molecular complexity index is 255. The summed E-state index contributed by atoms with van der Waals surface area (Å²) >= 11 is 9.21. The van der Waals surface area contributed by atoms with Gasteiger partial charge in [-0.3, -0.25) is 0 Å². The van der Waals surface area contributed by atoms with Crippen LogP contribution in [-0.4, -0.2) is 3.49 Å². The predicted octanol–water partition coefficient (Wildman–Crippen LogP) is 4.93. The Hall–Kier alpha value is 0.590. The minimum Gasteiger partial charge on any atom is -0.219 e. The summed E-state index contributed by atoms with van der Waals surface area (Å²) in [6, 6.07) is 9.74. The molecule has 0 spiro atoms. The molecule has 0 bridgehead atoms. The van der Waals surface area contributed by atoms with E-state index in [1.165, 1.54) is 0 Å². The molecule has 0 amide bonds. The summed E-state index contributed by atoms with van der Waals surface area (Å²) in [5, 5.41) is 0. The van der Waals surface area contributed by atoms with Crippen LogP contribution >= 0.6 is 47.8 Å². The van der Waals surface area contributed by atoms with Crippen LogP contribution in [0.4, 0.5) is 4.39 Å². The lowest BCUT2D eigenvalue weighted by Crippen LogP contribution is -2.05. The molecule has 1 unspecified atom stereocenters. The molecule has 0 aliphatic carbocycles. The lowest BCUT2D eigenvalue weighted by Gasteiger charge is -2.15. The summed E-state index contributed by atoms with van der Waals surface area (Å²) in [6.07, 6.45) is 0.330. The van der Waals surface area contributed by atoms with E-state index in [0.717, 1.165) is 5.56 Å². The maximum Gasteiger partial charge on any atom is 0.220 e. The second kappa shape index (κ2) is 4.89. The van der Waals surface area contributed by atoms with Crippen LogP contribution in [0.25, 0.3) is 0 Å². The normalized spacial score (nSPS) is 14.2. The highest BCUT2D eigenvalue weighted by Crippen LogP contribution is 2.40. The van der Waals surface area contributed by atoms with Crippen LogP contribution in [0.3, 0.4) is 0 Å². The number of alkyl halides is 4. The Morgan fingerprint density at radius 2 is 1.77 bits per heavy atom. The predicted molar refractivity (Wildman–Crippen MR) is 64.4 cm³/mol. The Morgan fingerprint density at radius 1 is 1.23 bits per heavy atom. The highest BCUT2D eigenvalue weighted by molar-refractivity contribution is 9.25. The van der Waals surface area contributed by atoms with Crippen molar-refractivity contribution in [2.75, 3.05) is 0 Å². The monoisotopic (exact) mass is 372 g/mol. The largest absolute Gasteiger partial charge is 0.220 e. The van der Waals surface area contributed by atoms with Crippen molar-refractivity contribution >= 4 is 47.8 Å². The molecule has 1 atom stereocenters. The van der Waals surface area contributed by atoms with Gasteiger partial charge in [0, 0.05) is 11.2 Å². The Morgan fingerprint density at radius 3 is 2.23 bits per heavy atom. The van der Waals surface area contributed by atoms with Gasteiger partial charge in [-0.25, -0.2) is 4.39 Å². The van der Waals surface area contributed by atoms with Gasteiger partial charge in [0.2, 0.25) is 3.49 Å². The molecule has 0 N–H and O–H groups in total. The zero-order chi connectivity index (χ0) is 9.90. The van der Waals surface area contributed by atoms with E-state index in [2.05, 4.69) is 47.8 Å². The van der Waals surface area contributed by atoms with E-state index in [-0.39, 0.29) is 4.83 Å². The van der Waals surface area contributed by atoms with Crippen molar-refractivity contribution in [3.05, 3.63) is 35.9 Å². The number of hydrogen-bond acceptors (Lipinski definition) is 0. The molecule has 0 saturated heterocycles. The van der Waals surface area contributed by atoms with Crippen molar-refractivity contribution in [2.24, 2.45) is 0 Å². The summed E-state index contributed by atoms with van der Waals surface area (Å²) in [6.45, 7) is 0. The molecule has 0 aliphatic rings. The van der Waals surface area contributed by atoms with E-state index in [1.807, 2.05) is 30.3 Å². The third-order valence-corrected chi connectivity index (χ3v) is 3.07. The lowest BCUT2D eigenvalue weighted by atomic mass is 10.1. The number of halogens is 4. The molecule has 13 heavy (non-hydrogen) atoms. The van der Waals surface area contributed by atoms with Crippen molar-refractivity contribution in [1.29, 1.82) is 0 Å². The molecule has 0 aromatic heterocycles. The van der Waals surface area contributed by atoms with Crippen molar-refractivity contribution in [2.45, 2.75) is 14.7 Å².